The molecule has 1 amide bonds. The van der Waals surface area contributed by atoms with Crippen molar-refractivity contribution in [2.45, 2.75) is 25.4 Å². The van der Waals surface area contributed by atoms with Crippen LogP contribution in [0.2, 0.25) is 0 Å². The van der Waals surface area contributed by atoms with Crippen molar-refractivity contribution in [2.75, 3.05) is 5.43 Å². The lowest BCUT2D eigenvalue weighted by molar-refractivity contribution is 0.0732. The third kappa shape index (κ3) is 2.66. The Morgan fingerprint density at radius 1 is 1.45 bits per heavy atom. The minimum atomic E-state index is -0.0121. The molecule has 0 bridgehead atoms. The van der Waals surface area contributed by atoms with Crippen molar-refractivity contribution >= 4 is 23.1 Å². The van der Waals surface area contributed by atoms with Crippen molar-refractivity contribution in [3.63, 3.8) is 0 Å². The van der Waals surface area contributed by atoms with Crippen LogP contribution in [0.5, 0.6) is 0 Å². The van der Waals surface area contributed by atoms with E-state index in [2.05, 4.69) is 16.5 Å². The SMILES string of the molecule is NNc1ncccc1C(=O)N(Cc1cccs1)C1CC1. The lowest BCUT2D eigenvalue weighted by Crippen LogP contribution is -2.33. The van der Waals surface area contributed by atoms with Crippen LogP contribution < -0.4 is 11.3 Å². The van der Waals surface area contributed by atoms with Crippen molar-refractivity contribution in [3.05, 3.63) is 46.3 Å². The molecular weight excluding hydrogens is 272 g/mol. The second-order valence-corrected chi connectivity index (χ2v) is 5.82. The van der Waals surface area contributed by atoms with Crippen molar-refractivity contribution in [1.29, 1.82) is 0 Å². The molecule has 0 aliphatic heterocycles. The fraction of sp³-hybridized carbons (Fsp3) is 0.286. The van der Waals surface area contributed by atoms with Crippen LogP contribution >= 0.6 is 11.3 Å². The minimum Gasteiger partial charge on any atom is -0.330 e. The molecule has 3 N–H and O–H groups in total. The molecule has 0 atom stereocenters. The first-order valence-electron chi connectivity index (χ1n) is 6.54. The van der Waals surface area contributed by atoms with Crippen LogP contribution in [0.15, 0.2) is 35.8 Å². The lowest BCUT2D eigenvalue weighted by atomic mass is 10.2. The number of carbonyl (C=O) groups excluding carboxylic acids is 1. The van der Waals surface area contributed by atoms with Crippen LogP contribution in [0.1, 0.15) is 28.1 Å². The number of anilines is 1. The zero-order valence-electron chi connectivity index (χ0n) is 11.0. The number of hydrazine groups is 1. The van der Waals surface area contributed by atoms with Gasteiger partial charge in [-0.15, -0.1) is 11.3 Å². The van der Waals surface area contributed by atoms with E-state index in [0.717, 1.165) is 12.8 Å². The van der Waals surface area contributed by atoms with E-state index in [1.165, 1.54) is 4.88 Å². The molecular formula is C14H16N4OS. The number of thiophene rings is 1. The number of rotatable bonds is 5. The molecule has 2 aromatic rings. The topological polar surface area (TPSA) is 71.2 Å². The summed E-state index contributed by atoms with van der Waals surface area (Å²) in [7, 11) is 0. The molecule has 1 saturated carbocycles. The Hall–Kier alpha value is -1.92. The zero-order valence-corrected chi connectivity index (χ0v) is 11.8. The Balaban J connectivity index is 1.85. The third-order valence-electron chi connectivity index (χ3n) is 3.33. The number of amides is 1. The van der Waals surface area contributed by atoms with Crippen LogP contribution in [0, 0.1) is 0 Å². The van der Waals surface area contributed by atoms with E-state index in [9.17, 15) is 4.79 Å². The smallest absolute Gasteiger partial charge is 0.258 e. The fourth-order valence-electron chi connectivity index (χ4n) is 2.17. The summed E-state index contributed by atoms with van der Waals surface area (Å²) in [5, 5.41) is 2.03. The predicted octanol–water partition coefficient (Wildman–Crippen LogP) is 2.23. The Morgan fingerprint density at radius 3 is 2.95 bits per heavy atom. The van der Waals surface area contributed by atoms with Gasteiger partial charge in [-0.3, -0.25) is 4.79 Å². The van der Waals surface area contributed by atoms with Gasteiger partial charge in [-0.2, -0.15) is 0 Å². The molecule has 0 spiro atoms. The molecule has 2 heterocycles. The quantitative estimate of drug-likeness (QED) is 0.654. The standard InChI is InChI=1S/C14H16N4OS/c15-17-13-12(4-1-7-16-13)14(19)18(10-5-6-10)9-11-3-2-8-20-11/h1-4,7-8,10H,5-6,9,15H2,(H,16,17). The largest absolute Gasteiger partial charge is 0.330 e. The van der Waals surface area contributed by atoms with Crippen molar-refractivity contribution in [2.24, 2.45) is 5.84 Å². The van der Waals surface area contributed by atoms with E-state index in [1.54, 1.807) is 29.7 Å². The maximum atomic E-state index is 12.7. The highest BCUT2D eigenvalue weighted by Gasteiger charge is 2.34. The van der Waals surface area contributed by atoms with Gasteiger partial charge >= 0.3 is 0 Å². The van der Waals surface area contributed by atoms with E-state index in [4.69, 9.17) is 5.84 Å². The van der Waals surface area contributed by atoms with Crippen molar-refractivity contribution in [1.82, 2.24) is 9.88 Å². The normalized spacial score (nSPS) is 14.1. The van der Waals surface area contributed by atoms with E-state index in [0.29, 0.717) is 24.0 Å². The number of pyridine rings is 1. The minimum absolute atomic E-state index is 0.0121. The summed E-state index contributed by atoms with van der Waals surface area (Å²) in [6.07, 6.45) is 3.76. The maximum Gasteiger partial charge on any atom is 0.258 e. The second kappa shape index (κ2) is 5.60. The number of carbonyl (C=O) groups is 1. The fourth-order valence-corrected chi connectivity index (χ4v) is 2.87. The van der Waals surface area contributed by atoms with E-state index in [1.807, 2.05) is 16.3 Å². The molecule has 104 valence electrons. The first-order chi connectivity index (χ1) is 9.79. The number of aromatic nitrogens is 1. The van der Waals surface area contributed by atoms with Gasteiger partial charge in [-0.05, 0) is 36.4 Å². The van der Waals surface area contributed by atoms with Gasteiger partial charge in [0.15, 0.2) is 5.82 Å². The summed E-state index contributed by atoms with van der Waals surface area (Å²) < 4.78 is 0. The monoisotopic (exact) mass is 288 g/mol. The molecule has 0 unspecified atom stereocenters. The maximum absolute atomic E-state index is 12.7. The molecule has 0 saturated heterocycles. The van der Waals surface area contributed by atoms with Gasteiger partial charge in [0.2, 0.25) is 0 Å². The molecule has 1 aliphatic rings. The van der Waals surface area contributed by atoms with Gasteiger partial charge in [-0.25, -0.2) is 10.8 Å². The molecule has 6 heteroatoms. The Morgan fingerprint density at radius 2 is 2.30 bits per heavy atom. The van der Waals surface area contributed by atoms with Gasteiger partial charge in [0.05, 0.1) is 12.1 Å². The van der Waals surface area contributed by atoms with Gasteiger partial charge in [-0.1, -0.05) is 6.07 Å². The molecule has 3 rings (SSSR count). The van der Waals surface area contributed by atoms with E-state index in [-0.39, 0.29) is 5.91 Å². The van der Waals surface area contributed by atoms with Crippen LogP contribution in [0.3, 0.4) is 0 Å². The number of nitrogens with one attached hydrogen (secondary N) is 1. The summed E-state index contributed by atoms with van der Waals surface area (Å²) >= 11 is 1.67. The number of hydrogen-bond acceptors (Lipinski definition) is 5. The average Bonchev–Trinajstić information content (AvgIpc) is 3.20. The molecule has 2 aromatic heterocycles. The summed E-state index contributed by atoms with van der Waals surface area (Å²) in [6, 6.07) is 7.92. The van der Waals surface area contributed by atoms with Gasteiger partial charge in [0.25, 0.3) is 5.91 Å². The van der Waals surface area contributed by atoms with Crippen LogP contribution in [0.25, 0.3) is 0 Å². The van der Waals surface area contributed by atoms with Crippen molar-refractivity contribution in [3.8, 4) is 0 Å². The summed E-state index contributed by atoms with van der Waals surface area (Å²) in [5.41, 5.74) is 3.02. The Bertz CT molecular complexity index is 595. The zero-order chi connectivity index (χ0) is 13.9. The highest BCUT2D eigenvalue weighted by Crippen LogP contribution is 2.31. The molecule has 1 fully saturated rings. The molecule has 1 aliphatic carbocycles. The van der Waals surface area contributed by atoms with Crippen LogP contribution in [-0.2, 0) is 6.54 Å². The van der Waals surface area contributed by atoms with Crippen LogP contribution in [0.4, 0.5) is 5.82 Å². The van der Waals surface area contributed by atoms with Gasteiger partial charge in [0, 0.05) is 17.1 Å². The first-order valence-corrected chi connectivity index (χ1v) is 7.42. The number of nitrogens with two attached hydrogens (primary N) is 1. The highest BCUT2D eigenvalue weighted by atomic mass is 32.1. The van der Waals surface area contributed by atoms with Crippen molar-refractivity contribution < 1.29 is 4.79 Å². The van der Waals surface area contributed by atoms with E-state index >= 15 is 0 Å². The molecule has 0 radical (unpaired) electrons. The Labute approximate surface area is 121 Å². The predicted molar refractivity (Wildman–Crippen MR) is 79.3 cm³/mol. The molecule has 0 aromatic carbocycles. The highest BCUT2D eigenvalue weighted by molar-refractivity contribution is 7.09. The number of nitrogen functional groups attached to an aromatic ring is 1. The molecule has 20 heavy (non-hydrogen) atoms. The second-order valence-electron chi connectivity index (χ2n) is 4.79. The first kappa shape index (κ1) is 13.1. The number of hydrogen-bond donors (Lipinski definition) is 2. The van der Waals surface area contributed by atoms with Crippen LogP contribution in [-0.4, -0.2) is 21.8 Å². The van der Waals surface area contributed by atoms with Gasteiger partial charge < -0.3 is 10.3 Å². The molecule has 5 nitrogen and oxygen atoms in total. The lowest BCUT2D eigenvalue weighted by Gasteiger charge is -2.22. The third-order valence-corrected chi connectivity index (χ3v) is 4.19. The summed E-state index contributed by atoms with van der Waals surface area (Å²) in [5.74, 6) is 5.85. The average molecular weight is 288 g/mol. The van der Waals surface area contributed by atoms with E-state index < -0.39 is 0 Å². The summed E-state index contributed by atoms with van der Waals surface area (Å²) in [6.45, 7) is 0.653. The summed E-state index contributed by atoms with van der Waals surface area (Å²) in [4.78, 5) is 19.9. The van der Waals surface area contributed by atoms with Gasteiger partial charge in [0.1, 0.15) is 0 Å². The number of nitrogens with zero attached hydrogens (tertiary/aromatic N) is 2. The Kier molecular flexibility index (Phi) is 3.66.